The van der Waals surface area contributed by atoms with Crippen molar-refractivity contribution in [2.45, 2.75) is 366 Å². The van der Waals surface area contributed by atoms with Crippen LogP contribution in [-0.4, -0.2) is 57.3 Å². The molecule has 0 aromatic heterocycles. The van der Waals surface area contributed by atoms with Crippen molar-refractivity contribution in [2.75, 3.05) is 6.61 Å². The minimum Gasteiger partial charge on any atom is -0.394 e. The fraction of sp³-hybridized carbons (Fsp3) is 0.892. The largest absolute Gasteiger partial charge is 0.394 e. The second-order valence-corrected chi connectivity index (χ2v) is 22.1. The fourth-order valence-electron chi connectivity index (χ4n) is 10.1. The molecule has 0 aromatic carbocycles. The first-order valence-electron chi connectivity index (χ1n) is 31.9. The monoisotopic (exact) mass is 1000 g/mol. The maximum absolute atomic E-state index is 12.6. The van der Waals surface area contributed by atoms with E-state index in [-0.39, 0.29) is 0 Å². The molecule has 0 radical (unpaired) electrons. The topological polar surface area (TPSA) is 110 Å². The van der Waals surface area contributed by atoms with E-state index < -0.39 is 36.9 Å². The highest BCUT2D eigenvalue weighted by Crippen LogP contribution is 2.18. The smallest absolute Gasteiger partial charge is 0.249 e. The molecule has 0 aliphatic rings. The molecule has 420 valence electrons. The Morgan fingerprint density at radius 1 is 0.352 bits per heavy atom. The summed E-state index contributed by atoms with van der Waals surface area (Å²) >= 11 is 0. The molecule has 0 heterocycles. The van der Waals surface area contributed by atoms with Crippen LogP contribution in [0, 0.1) is 0 Å². The van der Waals surface area contributed by atoms with E-state index in [4.69, 9.17) is 0 Å². The Balaban J connectivity index is 3.57. The van der Waals surface area contributed by atoms with Crippen LogP contribution in [0.5, 0.6) is 0 Å². The van der Waals surface area contributed by atoms with Gasteiger partial charge in [-0.15, -0.1) is 0 Å². The molecule has 0 aliphatic carbocycles. The zero-order valence-corrected chi connectivity index (χ0v) is 47.7. The van der Waals surface area contributed by atoms with Gasteiger partial charge in [-0.3, -0.25) is 4.79 Å². The Kier molecular flexibility index (Phi) is 58.2. The summed E-state index contributed by atoms with van der Waals surface area (Å²) in [5.41, 5.74) is 0. The van der Waals surface area contributed by atoms with Crippen LogP contribution in [0.25, 0.3) is 0 Å². The van der Waals surface area contributed by atoms with Crippen molar-refractivity contribution in [2.24, 2.45) is 0 Å². The number of carbonyl (C=O) groups is 1. The number of hydrogen-bond acceptors (Lipinski definition) is 5. The molecular formula is C65H125NO5. The second kappa shape index (κ2) is 59.4. The highest BCUT2D eigenvalue weighted by molar-refractivity contribution is 5.80. The van der Waals surface area contributed by atoms with E-state index in [0.717, 1.165) is 44.9 Å². The Hall–Kier alpha value is -1.47. The van der Waals surface area contributed by atoms with Crippen molar-refractivity contribution >= 4 is 5.91 Å². The average Bonchev–Trinajstić information content (AvgIpc) is 3.38. The summed E-state index contributed by atoms with van der Waals surface area (Å²) < 4.78 is 0. The number of amides is 1. The summed E-state index contributed by atoms with van der Waals surface area (Å²) in [4.78, 5) is 12.6. The van der Waals surface area contributed by atoms with Crippen molar-refractivity contribution < 1.29 is 25.2 Å². The van der Waals surface area contributed by atoms with Crippen LogP contribution >= 0.6 is 0 Å². The zero-order chi connectivity index (χ0) is 51.6. The Bertz CT molecular complexity index is 1120. The van der Waals surface area contributed by atoms with Gasteiger partial charge in [-0.25, -0.2) is 0 Å². The van der Waals surface area contributed by atoms with Crippen molar-refractivity contribution in [1.29, 1.82) is 0 Å². The molecule has 6 nitrogen and oxygen atoms in total. The third kappa shape index (κ3) is 53.2. The van der Waals surface area contributed by atoms with Gasteiger partial charge in [-0.05, 0) is 70.6 Å². The van der Waals surface area contributed by atoms with Crippen LogP contribution in [0.1, 0.15) is 341 Å². The number of carbonyl (C=O) groups excluding carboxylic acids is 1. The van der Waals surface area contributed by atoms with E-state index in [1.807, 2.05) is 0 Å². The molecule has 0 fully saturated rings. The number of allylic oxidation sites excluding steroid dienone is 6. The maximum atomic E-state index is 12.6. The quantitative estimate of drug-likeness (QED) is 0.0308. The first kappa shape index (κ1) is 69.5. The van der Waals surface area contributed by atoms with E-state index in [1.165, 1.54) is 270 Å². The van der Waals surface area contributed by atoms with Crippen molar-refractivity contribution in [3.8, 4) is 0 Å². The predicted molar refractivity (Wildman–Crippen MR) is 311 cm³/mol. The first-order valence-corrected chi connectivity index (χ1v) is 31.9. The van der Waals surface area contributed by atoms with Crippen molar-refractivity contribution in [3.63, 3.8) is 0 Å². The van der Waals surface area contributed by atoms with Crippen LogP contribution in [0.15, 0.2) is 36.5 Å². The SMILES string of the molecule is CCCCCCCCCCCCCCC/C=C\C/C=C\CCCCCCCCCCCCCCCCCCC(O)C(=O)NC(CO)C(O)C(O)CCC/C=C/CCCCCCCCCCCCCCCC. The lowest BCUT2D eigenvalue weighted by molar-refractivity contribution is -0.132. The molecule has 1 amide bonds. The summed E-state index contributed by atoms with van der Waals surface area (Å²) in [6.07, 6.45) is 75.4. The molecule has 4 unspecified atom stereocenters. The molecule has 0 aromatic rings. The lowest BCUT2D eigenvalue weighted by Crippen LogP contribution is -2.53. The molecule has 5 N–H and O–H groups in total. The molecule has 0 rings (SSSR count). The standard InChI is InChI=1S/C65H125NO5/c1-3-5-7-9-11-13-15-17-19-21-23-24-25-26-27-28-29-30-31-32-33-34-35-36-37-38-39-41-43-45-47-49-51-53-55-57-59-63(69)65(71)66-61(60-67)64(70)62(68)58-56-54-52-50-48-46-44-42-40-22-20-18-16-14-12-10-8-6-4-2/h27-28,30-31,50,52,61-64,67-70H,3-26,29,32-49,51,53-60H2,1-2H3,(H,66,71)/b28-27-,31-30-,52-50+. The molecule has 0 spiro atoms. The van der Waals surface area contributed by atoms with E-state index in [9.17, 15) is 25.2 Å². The normalized spacial score (nSPS) is 13.8. The highest BCUT2D eigenvalue weighted by Gasteiger charge is 2.28. The van der Waals surface area contributed by atoms with E-state index >= 15 is 0 Å². The van der Waals surface area contributed by atoms with Gasteiger partial charge in [0.25, 0.3) is 0 Å². The molecule has 71 heavy (non-hydrogen) atoms. The van der Waals surface area contributed by atoms with Crippen molar-refractivity contribution in [1.82, 2.24) is 5.32 Å². The third-order valence-corrected chi connectivity index (χ3v) is 15.1. The minimum atomic E-state index is -1.28. The number of aliphatic hydroxyl groups is 4. The van der Waals surface area contributed by atoms with Gasteiger partial charge in [-0.2, -0.15) is 0 Å². The van der Waals surface area contributed by atoms with Gasteiger partial charge in [-0.1, -0.05) is 307 Å². The van der Waals surface area contributed by atoms with Gasteiger partial charge in [0.2, 0.25) is 5.91 Å². The fourth-order valence-corrected chi connectivity index (χ4v) is 10.1. The zero-order valence-electron chi connectivity index (χ0n) is 47.7. The van der Waals surface area contributed by atoms with Gasteiger partial charge in [0, 0.05) is 0 Å². The Labute approximate surface area is 443 Å². The van der Waals surface area contributed by atoms with Crippen LogP contribution in [0.3, 0.4) is 0 Å². The number of rotatable bonds is 59. The average molecular weight is 1000 g/mol. The number of aliphatic hydroxyl groups excluding tert-OH is 4. The first-order chi connectivity index (χ1) is 35.0. The lowest BCUT2D eigenvalue weighted by Gasteiger charge is -2.27. The maximum Gasteiger partial charge on any atom is 0.249 e. The molecule has 0 saturated carbocycles. The molecular weight excluding hydrogens is 875 g/mol. The minimum absolute atomic E-state index is 0.364. The Morgan fingerprint density at radius 3 is 0.930 bits per heavy atom. The van der Waals surface area contributed by atoms with Gasteiger partial charge in [0.15, 0.2) is 0 Å². The van der Waals surface area contributed by atoms with Crippen LogP contribution in [-0.2, 0) is 4.79 Å². The molecule has 6 heteroatoms. The molecule has 0 bridgehead atoms. The highest BCUT2D eigenvalue weighted by atomic mass is 16.3. The number of nitrogens with one attached hydrogen (secondary N) is 1. The second-order valence-electron chi connectivity index (χ2n) is 22.1. The van der Waals surface area contributed by atoms with Gasteiger partial charge < -0.3 is 25.7 Å². The lowest BCUT2D eigenvalue weighted by atomic mass is 10.00. The summed E-state index contributed by atoms with van der Waals surface area (Å²) in [5.74, 6) is -0.589. The summed E-state index contributed by atoms with van der Waals surface area (Å²) in [6, 6.07) is -1.00. The van der Waals surface area contributed by atoms with Gasteiger partial charge >= 0.3 is 0 Å². The number of unbranched alkanes of at least 4 members (excludes halogenated alkanes) is 44. The van der Waals surface area contributed by atoms with Crippen molar-refractivity contribution in [3.05, 3.63) is 36.5 Å². The summed E-state index contributed by atoms with van der Waals surface area (Å²) in [6.45, 7) is 4.08. The van der Waals surface area contributed by atoms with Gasteiger partial charge in [0.1, 0.15) is 12.2 Å². The Morgan fingerprint density at radius 2 is 0.620 bits per heavy atom. The number of hydrogen-bond donors (Lipinski definition) is 5. The van der Waals surface area contributed by atoms with E-state index in [2.05, 4.69) is 55.6 Å². The summed E-state index contributed by atoms with van der Waals surface area (Å²) in [5, 5.41) is 44.0. The van der Waals surface area contributed by atoms with E-state index in [1.54, 1.807) is 0 Å². The van der Waals surface area contributed by atoms with Gasteiger partial charge in [0.05, 0.1) is 18.8 Å². The van der Waals surface area contributed by atoms with Crippen LogP contribution < -0.4 is 5.32 Å². The predicted octanol–water partition coefficient (Wildman–Crippen LogP) is 19.1. The van der Waals surface area contributed by atoms with Crippen LogP contribution in [0.2, 0.25) is 0 Å². The third-order valence-electron chi connectivity index (χ3n) is 15.1. The molecule has 0 aliphatic heterocycles. The van der Waals surface area contributed by atoms with E-state index in [0.29, 0.717) is 12.8 Å². The summed E-state index contributed by atoms with van der Waals surface area (Å²) in [7, 11) is 0. The molecule has 0 saturated heterocycles. The molecule has 4 atom stereocenters. The van der Waals surface area contributed by atoms with Crippen LogP contribution in [0.4, 0.5) is 0 Å².